The van der Waals surface area contributed by atoms with Crippen LogP contribution in [0.1, 0.15) is 52.1 Å². The van der Waals surface area contributed by atoms with E-state index < -0.39 is 17.1 Å². The molecule has 6 aromatic rings. The van der Waals surface area contributed by atoms with Gasteiger partial charge in [-0.25, -0.2) is 4.98 Å². The number of benzene rings is 5. The zero-order chi connectivity index (χ0) is 38.7. The number of hydrogen-bond acceptors (Lipinski definition) is 8. The number of aromatic nitrogens is 1. The molecule has 55 heavy (non-hydrogen) atoms. The molecular formula is C44H40N4O5S2. The van der Waals surface area contributed by atoms with Gasteiger partial charge >= 0.3 is 0 Å². The lowest BCUT2D eigenvalue weighted by atomic mass is 10.0. The lowest BCUT2D eigenvalue weighted by Gasteiger charge is -2.17. The van der Waals surface area contributed by atoms with Crippen molar-refractivity contribution in [1.82, 2.24) is 10.3 Å². The first-order valence-electron chi connectivity index (χ1n) is 17.5. The Labute approximate surface area is 328 Å². The van der Waals surface area contributed by atoms with Crippen molar-refractivity contribution in [2.24, 2.45) is 0 Å². The summed E-state index contributed by atoms with van der Waals surface area (Å²) >= 11 is 2.71. The van der Waals surface area contributed by atoms with Gasteiger partial charge in [0.2, 0.25) is 5.91 Å². The van der Waals surface area contributed by atoms with Crippen LogP contribution in [-0.4, -0.2) is 36.9 Å². The zero-order valence-electron chi connectivity index (χ0n) is 30.7. The van der Waals surface area contributed by atoms with E-state index >= 15 is 0 Å². The second-order valence-electron chi connectivity index (χ2n) is 12.7. The number of methoxy groups -OCH3 is 2. The van der Waals surface area contributed by atoms with Crippen LogP contribution in [-0.2, 0) is 9.59 Å². The van der Waals surface area contributed by atoms with Crippen LogP contribution in [0.5, 0.6) is 11.5 Å². The highest BCUT2D eigenvalue weighted by molar-refractivity contribution is 8.00. The number of hydrogen-bond donors (Lipinski definition) is 3. The van der Waals surface area contributed by atoms with Crippen LogP contribution in [0.2, 0.25) is 0 Å². The van der Waals surface area contributed by atoms with E-state index in [0.717, 1.165) is 21.6 Å². The molecule has 1 atom stereocenters. The molecule has 1 aromatic heterocycles. The molecule has 0 aliphatic carbocycles. The summed E-state index contributed by atoms with van der Waals surface area (Å²) in [5.41, 5.74) is 5.35. The van der Waals surface area contributed by atoms with E-state index in [9.17, 15) is 14.4 Å². The van der Waals surface area contributed by atoms with Crippen molar-refractivity contribution < 1.29 is 23.9 Å². The molecule has 0 saturated heterocycles. The van der Waals surface area contributed by atoms with Crippen LogP contribution >= 0.6 is 23.1 Å². The predicted molar refractivity (Wildman–Crippen MR) is 222 cm³/mol. The average molecular weight is 769 g/mol. The molecule has 0 spiro atoms. The average Bonchev–Trinajstić information content (AvgIpc) is 3.69. The van der Waals surface area contributed by atoms with Gasteiger partial charge in [0.1, 0.15) is 10.9 Å². The van der Waals surface area contributed by atoms with Crippen molar-refractivity contribution in [1.29, 1.82) is 0 Å². The quantitative estimate of drug-likeness (QED) is 0.0746. The van der Waals surface area contributed by atoms with Gasteiger partial charge in [-0.05, 0) is 83.3 Å². The van der Waals surface area contributed by atoms with Crippen molar-refractivity contribution in [3.8, 4) is 22.8 Å². The lowest BCUT2D eigenvalue weighted by Crippen LogP contribution is -2.30. The molecule has 0 aliphatic heterocycles. The Bertz CT molecular complexity index is 2270. The third-order valence-corrected chi connectivity index (χ3v) is 10.6. The molecule has 3 N–H and O–H groups in total. The summed E-state index contributed by atoms with van der Waals surface area (Å²) in [6.07, 6.45) is 1.66. The fourth-order valence-electron chi connectivity index (χ4n) is 5.57. The minimum absolute atomic E-state index is 0.0990. The summed E-state index contributed by atoms with van der Waals surface area (Å²) in [7, 11) is 3.16. The Morgan fingerprint density at radius 3 is 2.07 bits per heavy atom. The maximum atomic E-state index is 13.8. The number of carbonyl (C=O) groups excluding carboxylic acids is 3. The van der Waals surface area contributed by atoms with E-state index in [2.05, 4.69) is 34.8 Å². The van der Waals surface area contributed by atoms with E-state index in [1.54, 1.807) is 56.7 Å². The summed E-state index contributed by atoms with van der Waals surface area (Å²) < 4.78 is 10.8. The van der Waals surface area contributed by atoms with Crippen molar-refractivity contribution >= 4 is 57.7 Å². The molecule has 5 aromatic carbocycles. The van der Waals surface area contributed by atoms with Crippen LogP contribution in [0.25, 0.3) is 17.3 Å². The number of rotatable bonds is 14. The summed E-state index contributed by atoms with van der Waals surface area (Å²) in [5, 5.41) is 10.5. The highest BCUT2D eigenvalue weighted by atomic mass is 32.2. The summed E-state index contributed by atoms with van der Waals surface area (Å²) in [5.74, 6) is 0.462. The maximum absolute atomic E-state index is 13.8. The largest absolute Gasteiger partial charge is 0.493 e. The molecular weight excluding hydrogens is 729 g/mol. The summed E-state index contributed by atoms with van der Waals surface area (Å²) in [4.78, 5) is 46.1. The standard InChI is InChI=1S/C44H40N4O5S2/c1-28(2)30-17-15-29(16-18-30)25-36(46-41(49)32-13-9-6-10-14-32)42(50)45-34-20-22-35(23-21-34)55-40(31-11-7-5-8-12-31)43(51)48-44-47-37(27-54-44)33-19-24-38(52-3)39(26-33)53-4/h5-28,40H,1-4H3,(H,45,50)(H,46,49)(H,47,48,51)/b36-25-. The molecule has 11 heteroatoms. The second kappa shape index (κ2) is 18.2. The molecule has 0 bridgehead atoms. The van der Waals surface area contributed by atoms with Gasteiger partial charge in [0.05, 0.1) is 19.9 Å². The highest BCUT2D eigenvalue weighted by Gasteiger charge is 2.24. The van der Waals surface area contributed by atoms with Gasteiger partial charge in [0.25, 0.3) is 11.8 Å². The maximum Gasteiger partial charge on any atom is 0.272 e. The van der Waals surface area contributed by atoms with Gasteiger partial charge in [0.15, 0.2) is 16.6 Å². The number of amides is 3. The number of ether oxygens (including phenoxy) is 2. The smallest absolute Gasteiger partial charge is 0.272 e. The minimum atomic E-state index is -0.597. The normalized spacial score (nSPS) is 11.8. The van der Waals surface area contributed by atoms with Gasteiger partial charge in [-0.1, -0.05) is 86.6 Å². The van der Waals surface area contributed by atoms with Gasteiger partial charge in [0, 0.05) is 27.1 Å². The number of thiazole rings is 1. The Kier molecular flexibility index (Phi) is 12.8. The van der Waals surface area contributed by atoms with Crippen LogP contribution in [0.15, 0.2) is 143 Å². The lowest BCUT2D eigenvalue weighted by molar-refractivity contribution is -0.116. The number of thioether (sulfide) groups is 1. The number of nitrogens with one attached hydrogen (secondary N) is 3. The van der Waals surface area contributed by atoms with E-state index in [-0.39, 0.29) is 11.6 Å². The highest BCUT2D eigenvalue weighted by Crippen LogP contribution is 2.38. The predicted octanol–water partition coefficient (Wildman–Crippen LogP) is 9.83. The van der Waals surface area contributed by atoms with E-state index in [4.69, 9.17) is 9.47 Å². The van der Waals surface area contributed by atoms with Gasteiger partial charge in [-0.15, -0.1) is 23.1 Å². The minimum Gasteiger partial charge on any atom is -0.493 e. The first-order chi connectivity index (χ1) is 26.7. The van der Waals surface area contributed by atoms with Crippen LogP contribution in [0.3, 0.4) is 0 Å². The first-order valence-corrected chi connectivity index (χ1v) is 19.3. The van der Waals surface area contributed by atoms with Crippen LogP contribution < -0.4 is 25.4 Å². The monoisotopic (exact) mass is 768 g/mol. The first kappa shape index (κ1) is 38.6. The summed E-state index contributed by atoms with van der Waals surface area (Å²) in [6.45, 7) is 4.23. The fourth-order valence-corrected chi connectivity index (χ4v) is 7.32. The Balaban J connectivity index is 1.17. The third kappa shape index (κ3) is 10.1. The van der Waals surface area contributed by atoms with Crippen LogP contribution in [0.4, 0.5) is 10.8 Å². The molecule has 0 radical (unpaired) electrons. The molecule has 6 rings (SSSR count). The number of nitrogens with zero attached hydrogens (tertiary/aromatic N) is 1. The molecule has 1 heterocycles. The van der Waals surface area contributed by atoms with Crippen LogP contribution in [0, 0.1) is 0 Å². The van der Waals surface area contributed by atoms with Gasteiger partial charge < -0.3 is 25.4 Å². The van der Waals surface area contributed by atoms with Gasteiger partial charge in [-0.3, -0.25) is 14.4 Å². The Morgan fingerprint density at radius 1 is 0.745 bits per heavy atom. The van der Waals surface area contributed by atoms with E-state index in [0.29, 0.717) is 39.5 Å². The Morgan fingerprint density at radius 2 is 1.42 bits per heavy atom. The number of anilines is 2. The van der Waals surface area contributed by atoms with Crippen molar-refractivity contribution in [2.75, 3.05) is 24.9 Å². The van der Waals surface area contributed by atoms with Crippen molar-refractivity contribution in [3.63, 3.8) is 0 Å². The Hall–Kier alpha value is -6.17. The van der Waals surface area contributed by atoms with E-state index in [1.807, 2.05) is 96.4 Å². The van der Waals surface area contributed by atoms with Gasteiger partial charge in [-0.2, -0.15) is 0 Å². The van der Waals surface area contributed by atoms with Crippen molar-refractivity contribution in [3.05, 3.63) is 161 Å². The molecule has 9 nitrogen and oxygen atoms in total. The molecule has 0 saturated carbocycles. The zero-order valence-corrected chi connectivity index (χ0v) is 32.4. The second-order valence-corrected chi connectivity index (χ2v) is 14.7. The molecule has 1 unspecified atom stereocenters. The summed E-state index contributed by atoms with van der Waals surface area (Å²) in [6, 6.07) is 38.9. The SMILES string of the molecule is COc1ccc(-c2csc(NC(=O)C(Sc3ccc(NC(=O)/C(=C/c4ccc(C(C)C)cc4)NC(=O)c4ccccc4)cc3)c3ccccc3)n2)cc1OC. The fraction of sp³-hybridized carbons (Fsp3) is 0.136. The topological polar surface area (TPSA) is 119 Å². The molecule has 0 aliphatic rings. The number of carbonyl (C=O) groups is 3. The van der Waals surface area contributed by atoms with E-state index in [1.165, 1.54) is 28.7 Å². The molecule has 3 amide bonds. The third-order valence-electron chi connectivity index (χ3n) is 8.56. The molecule has 278 valence electrons. The van der Waals surface area contributed by atoms with Crippen molar-refractivity contribution in [2.45, 2.75) is 29.9 Å². The molecule has 0 fully saturated rings.